The predicted octanol–water partition coefficient (Wildman–Crippen LogP) is 2.73. The molecule has 0 aliphatic carbocycles. The Hall–Kier alpha value is -1.99. The van der Waals surface area contributed by atoms with Crippen molar-refractivity contribution in [1.82, 2.24) is 14.7 Å². The van der Waals surface area contributed by atoms with Crippen LogP contribution in [0.3, 0.4) is 0 Å². The summed E-state index contributed by atoms with van der Waals surface area (Å²) in [6.45, 7) is 6.00. The van der Waals surface area contributed by atoms with E-state index in [1.54, 1.807) is 0 Å². The van der Waals surface area contributed by atoms with Gasteiger partial charge in [-0.1, -0.05) is 17.7 Å². The van der Waals surface area contributed by atoms with Crippen LogP contribution in [-0.4, -0.2) is 83.7 Å². The molecule has 0 aromatic heterocycles. The van der Waals surface area contributed by atoms with E-state index in [1.165, 1.54) is 10.5 Å². The molecule has 8 heteroatoms. The van der Waals surface area contributed by atoms with Gasteiger partial charge < -0.3 is 19.8 Å². The van der Waals surface area contributed by atoms with E-state index in [-0.39, 0.29) is 6.04 Å². The van der Waals surface area contributed by atoms with Gasteiger partial charge in [0.05, 0.1) is 6.04 Å². The van der Waals surface area contributed by atoms with Gasteiger partial charge in [0.2, 0.25) is 5.91 Å². The fourth-order valence-electron chi connectivity index (χ4n) is 4.73. The van der Waals surface area contributed by atoms with Crippen LogP contribution in [0.15, 0.2) is 18.2 Å². The van der Waals surface area contributed by atoms with Crippen LogP contribution in [0, 0.1) is 0 Å². The predicted molar refractivity (Wildman–Crippen MR) is 113 cm³/mol. The summed E-state index contributed by atoms with van der Waals surface area (Å²) in [6, 6.07) is 6.33. The van der Waals surface area contributed by atoms with E-state index >= 15 is 0 Å². The zero-order valence-electron chi connectivity index (χ0n) is 16.7. The smallest absolute Gasteiger partial charge is 0.407 e. The molecule has 158 valence electrons. The van der Waals surface area contributed by atoms with Crippen LogP contribution in [0.1, 0.15) is 31.2 Å². The number of halogens is 1. The number of benzene rings is 1. The standard InChI is InChI=1S/C21H29ClN4O3/c22-17-5-4-16(14-23-9-11-24(12-10-23)21(28)29)19(13-17)25-8-6-18(15-25)26-7-2-1-3-20(26)27/h4-5,13,18H,1-3,6-12,14-15H2,(H,28,29)/t18-/m0/s1. The van der Waals surface area contributed by atoms with E-state index in [0.29, 0.717) is 25.4 Å². The maximum atomic E-state index is 12.3. The van der Waals surface area contributed by atoms with Crippen LogP contribution in [0.5, 0.6) is 0 Å². The Morgan fingerprint density at radius 2 is 1.90 bits per heavy atom. The van der Waals surface area contributed by atoms with Crippen molar-refractivity contribution in [3.8, 4) is 0 Å². The minimum absolute atomic E-state index is 0.286. The van der Waals surface area contributed by atoms with Crippen LogP contribution < -0.4 is 4.90 Å². The second-order valence-corrected chi connectivity index (χ2v) is 8.69. The van der Waals surface area contributed by atoms with E-state index in [1.807, 2.05) is 12.1 Å². The number of hydrogen-bond acceptors (Lipinski definition) is 4. The zero-order chi connectivity index (χ0) is 20.4. The topological polar surface area (TPSA) is 67.3 Å². The Morgan fingerprint density at radius 1 is 1.10 bits per heavy atom. The summed E-state index contributed by atoms with van der Waals surface area (Å²) in [6.07, 6.45) is 2.95. The van der Waals surface area contributed by atoms with Gasteiger partial charge in [0.15, 0.2) is 0 Å². The molecule has 0 radical (unpaired) electrons. The van der Waals surface area contributed by atoms with Gasteiger partial charge in [0.25, 0.3) is 0 Å². The molecule has 1 N–H and O–H groups in total. The van der Waals surface area contributed by atoms with Crippen LogP contribution in [-0.2, 0) is 11.3 Å². The van der Waals surface area contributed by atoms with Crippen molar-refractivity contribution in [2.24, 2.45) is 0 Å². The van der Waals surface area contributed by atoms with Gasteiger partial charge in [0.1, 0.15) is 0 Å². The summed E-state index contributed by atoms with van der Waals surface area (Å²) in [4.78, 5) is 31.7. The third-order valence-electron chi connectivity index (χ3n) is 6.39. The normalized spacial score (nSPS) is 23.7. The van der Waals surface area contributed by atoms with Crippen molar-refractivity contribution in [2.75, 3.05) is 50.7 Å². The highest BCUT2D eigenvalue weighted by Gasteiger charge is 2.33. The largest absolute Gasteiger partial charge is 0.465 e. The van der Waals surface area contributed by atoms with Crippen molar-refractivity contribution >= 4 is 29.3 Å². The molecule has 3 heterocycles. The second kappa shape index (κ2) is 8.79. The minimum Gasteiger partial charge on any atom is -0.465 e. The minimum atomic E-state index is -0.841. The van der Waals surface area contributed by atoms with E-state index in [9.17, 15) is 9.59 Å². The fourth-order valence-corrected chi connectivity index (χ4v) is 4.90. The highest BCUT2D eigenvalue weighted by Crippen LogP contribution is 2.31. The van der Waals surface area contributed by atoms with Crippen molar-refractivity contribution in [1.29, 1.82) is 0 Å². The molecule has 1 atom stereocenters. The molecule has 0 spiro atoms. The Morgan fingerprint density at radius 3 is 2.62 bits per heavy atom. The maximum absolute atomic E-state index is 12.3. The number of anilines is 1. The number of likely N-dealkylation sites (tertiary alicyclic amines) is 1. The van der Waals surface area contributed by atoms with Gasteiger partial charge in [-0.25, -0.2) is 4.79 Å². The third kappa shape index (κ3) is 4.61. The summed E-state index contributed by atoms with van der Waals surface area (Å²) >= 11 is 6.32. The lowest BCUT2D eigenvalue weighted by molar-refractivity contribution is -0.135. The Kier molecular flexibility index (Phi) is 6.15. The van der Waals surface area contributed by atoms with E-state index in [0.717, 1.165) is 69.2 Å². The molecule has 3 aliphatic heterocycles. The van der Waals surface area contributed by atoms with Crippen molar-refractivity contribution < 1.29 is 14.7 Å². The summed E-state index contributed by atoms with van der Waals surface area (Å²) in [5, 5.41) is 9.86. The number of amides is 2. The van der Waals surface area contributed by atoms with E-state index in [4.69, 9.17) is 16.7 Å². The molecule has 4 rings (SSSR count). The first-order valence-corrected chi connectivity index (χ1v) is 10.9. The average Bonchev–Trinajstić information content (AvgIpc) is 3.20. The van der Waals surface area contributed by atoms with Crippen LogP contribution in [0.25, 0.3) is 0 Å². The molecular formula is C21H29ClN4O3. The lowest BCUT2D eigenvalue weighted by Gasteiger charge is -2.34. The first-order chi connectivity index (χ1) is 14.0. The Bertz CT molecular complexity index is 766. The van der Waals surface area contributed by atoms with Crippen LogP contribution >= 0.6 is 11.6 Å². The van der Waals surface area contributed by atoms with Crippen molar-refractivity contribution in [3.63, 3.8) is 0 Å². The summed E-state index contributed by atoms with van der Waals surface area (Å²) in [5.41, 5.74) is 2.36. The number of nitrogens with zero attached hydrogens (tertiary/aromatic N) is 4. The van der Waals surface area contributed by atoms with Gasteiger partial charge in [-0.3, -0.25) is 9.69 Å². The highest BCUT2D eigenvalue weighted by atomic mass is 35.5. The number of carbonyl (C=O) groups is 2. The van der Waals surface area contributed by atoms with Gasteiger partial charge in [-0.05, 0) is 37.0 Å². The molecule has 1 aromatic rings. The van der Waals surface area contributed by atoms with Gasteiger partial charge >= 0.3 is 6.09 Å². The quantitative estimate of drug-likeness (QED) is 0.811. The fraction of sp³-hybridized carbons (Fsp3) is 0.619. The Labute approximate surface area is 176 Å². The molecule has 7 nitrogen and oxygen atoms in total. The third-order valence-corrected chi connectivity index (χ3v) is 6.62. The lowest BCUT2D eigenvalue weighted by atomic mass is 10.1. The van der Waals surface area contributed by atoms with Crippen LogP contribution in [0.2, 0.25) is 5.02 Å². The zero-order valence-corrected chi connectivity index (χ0v) is 17.5. The maximum Gasteiger partial charge on any atom is 0.407 e. The van der Waals surface area contributed by atoms with Gasteiger partial charge in [-0.2, -0.15) is 0 Å². The van der Waals surface area contributed by atoms with E-state index < -0.39 is 6.09 Å². The first-order valence-electron chi connectivity index (χ1n) is 10.5. The first kappa shape index (κ1) is 20.3. The molecule has 3 aliphatic rings. The summed E-state index contributed by atoms with van der Waals surface area (Å²) in [5.74, 6) is 0.297. The van der Waals surface area contributed by atoms with Crippen molar-refractivity contribution in [2.45, 2.75) is 38.3 Å². The molecule has 0 bridgehead atoms. The molecule has 29 heavy (non-hydrogen) atoms. The molecule has 2 amide bonds. The molecule has 0 unspecified atom stereocenters. The summed E-state index contributed by atoms with van der Waals surface area (Å²) < 4.78 is 0. The Balaban J connectivity index is 1.43. The highest BCUT2D eigenvalue weighted by molar-refractivity contribution is 6.30. The van der Waals surface area contributed by atoms with Crippen molar-refractivity contribution in [3.05, 3.63) is 28.8 Å². The molecule has 1 aromatic carbocycles. The SMILES string of the molecule is O=C(O)N1CCN(Cc2ccc(Cl)cc2N2CC[C@H](N3CCCCC3=O)C2)CC1. The second-order valence-electron chi connectivity index (χ2n) is 8.25. The van der Waals surface area contributed by atoms with Crippen LogP contribution in [0.4, 0.5) is 10.5 Å². The van der Waals surface area contributed by atoms with Gasteiger partial charge in [-0.15, -0.1) is 0 Å². The van der Waals surface area contributed by atoms with Gasteiger partial charge in [0, 0.05) is 69.5 Å². The number of carboxylic acid groups (broad SMARTS) is 1. The number of piperazine rings is 1. The van der Waals surface area contributed by atoms with E-state index in [2.05, 4.69) is 20.8 Å². The molecular weight excluding hydrogens is 392 g/mol. The molecule has 3 saturated heterocycles. The number of piperidine rings is 1. The summed E-state index contributed by atoms with van der Waals surface area (Å²) in [7, 11) is 0. The number of rotatable bonds is 4. The molecule has 0 saturated carbocycles. The lowest BCUT2D eigenvalue weighted by Crippen LogP contribution is -2.47. The average molecular weight is 421 g/mol. The number of carbonyl (C=O) groups excluding carboxylic acids is 1. The monoisotopic (exact) mass is 420 g/mol. The number of hydrogen-bond donors (Lipinski definition) is 1. The molecule has 3 fully saturated rings.